The maximum absolute atomic E-state index is 12.0. The predicted molar refractivity (Wildman–Crippen MR) is 75.7 cm³/mol. The number of nitrogens with two attached hydrogens (primary N) is 1. The van der Waals surface area contributed by atoms with Crippen LogP contribution in [-0.2, 0) is 4.79 Å². The highest BCUT2D eigenvalue weighted by atomic mass is 16.1. The van der Waals surface area contributed by atoms with E-state index < -0.39 is 5.54 Å². The Balaban J connectivity index is 1.71. The molecule has 0 spiro atoms. The van der Waals surface area contributed by atoms with Gasteiger partial charge in [0, 0.05) is 18.1 Å². The Bertz CT molecular complexity index is 351. The number of rotatable bonds is 6. The highest BCUT2D eigenvalue weighted by molar-refractivity contribution is 5.85. The molecule has 0 heterocycles. The number of carbonyl (C=O) groups excluding carboxylic acids is 1. The fourth-order valence-electron chi connectivity index (χ4n) is 3.79. The topological polar surface area (TPSA) is 58.4 Å². The molecule has 3 aliphatic rings. The van der Waals surface area contributed by atoms with E-state index in [-0.39, 0.29) is 5.91 Å². The largest absolute Gasteiger partial charge is 0.368 e. The Morgan fingerprint density at radius 2 is 2.00 bits per heavy atom. The van der Waals surface area contributed by atoms with Crippen molar-refractivity contribution >= 4 is 5.91 Å². The monoisotopic (exact) mass is 265 g/mol. The zero-order valence-electron chi connectivity index (χ0n) is 12.0. The molecule has 0 radical (unpaired) electrons. The molecule has 0 aromatic heterocycles. The molecule has 0 saturated heterocycles. The molecule has 0 bridgehead atoms. The van der Waals surface area contributed by atoms with Gasteiger partial charge in [-0.25, -0.2) is 0 Å². The molecule has 3 saturated carbocycles. The second-order valence-corrected chi connectivity index (χ2v) is 6.68. The third-order valence-corrected chi connectivity index (χ3v) is 5.10. The van der Waals surface area contributed by atoms with Crippen LogP contribution in [0.5, 0.6) is 0 Å². The summed E-state index contributed by atoms with van der Waals surface area (Å²) in [6.45, 7) is 3.35. The van der Waals surface area contributed by atoms with Gasteiger partial charge < -0.3 is 11.1 Å². The van der Waals surface area contributed by atoms with Crippen LogP contribution in [0.2, 0.25) is 0 Å². The van der Waals surface area contributed by atoms with E-state index in [1.165, 1.54) is 32.1 Å². The van der Waals surface area contributed by atoms with Crippen LogP contribution in [-0.4, -0.2) is 41.0 Å². The number of amides is 1. The van der Waals surface area contributed by atoms with Crippen molar-refractivity contribution in [2.45, 2.75) is 82.0 Å². The lowest BCUT2D eigenvalue weighted by molar-refractivity contribution is -0.127. The van der Waals surface area contributed by atoms with Gasteiger partial charge in [-0.2, -0.15) is 0 Å². The van der Waals surface area contributed by atoms with Crippen molar-refractivity contribution in [2.75, 3.05) is 6.54 Å². The minimum atomic E-state index is -0.424. The lowest BCUT2D eigenvalue weighted by atomic mass is 9.77. The highest BCUT2D eigenvalue weighted by Gasteiger charge is 2.47. The molecular weight excluding hydrogens is 238 g/mol. The third kappa shape index (κ3) is 2.79. The summed E-state index contributed by atoms with van der Waals surface area (Å²) in [7, 11) is 0. The molecule has 4 nitrogen and oxygen atoms in total. The fourth-order valence-corrected chi connectivity index (χ4v) is 3.79. The van der Waals surface area contributed by atoms with Crippen LogP contribution >= 0.6 is 0 Å². The Hall–Kier alpha value is -0.610. The molecule has 0 aliphatic heterocycles. The van der Waals surface area contributed by atoms with Crippen molar-refractivity contribution in [2.24, 2.45) is 5.73 Å². The van der Waals surface area contributed by atoms with Crippen molar-refractivity contribution in [3.63, 3.8) is 0 Å². The van der Waals surface area contributed by atoms with Gasteiger partial charge in [0.25, 0.3) is 0 Å². The van der Waals surface area contributed by atoms with E-state index in [0.29, 0.717) is 12.1 Å². The van der Waals surface area contributed by atoms with Crippen LogP contribution in [0.3, 0.4) is 0 Å². The van der Waals surface area contributed by atoms with Crippen LogP contribution in [0.4, 0.5) is 0 Å². The molecule has 0 aromatic carbocycles. The van der Waals surface area contributed by atoms with Crippen LogP contribution in [0.1, 0.15) is 58.3 Å². The first-order valence-corrected chi connectivity index (χ1v) is 7.98. The average Bonchev–Trinajstić information content (AvgIpc) is 3.24. The number of hydrogen-bond acceptors (Lipinski definition) is 3. The molecule has 4 heteroatoms. The van der Waals surface area contributed by atoms with E-state index >= 15 is 0 Å². The van der Waals surface area contributed by atoms with Crippen LogP contribution < -0.4 is 11.1 Å². The first kappa shape index (κ1) is 13.4. The summed E-state index contributed by atoms with van der Waals surface area (Å²) in [5.74, 6) is -0.129. The predicted octanol–water partition coefficient (Wildman–Crippen LogP) is 1.39. The molecule has 0 aromatic rings. The van der Waals surface area contributed by atoms with Gasteiger partial charge in [-0.05, 0) is 57.9 Å². The second kappa shape index (κ2) is 5.06. The minimum absolute atomic E-state index is 0.129. The summed E-state index contributed by atoms with van der Waals surface area (Å²) in [4.78, 5) is 14.6. The summed E-state index contributed by atoms with van der Waals surface area (Å²) < 4.78 is 0. The molecule has 19 heavy (non-hydrogen) atoms. The Labute approximate surface area is 116 Å². The van der Waals surface area contributed by atoms with Gasteiger partial charge in [0.2, 0.25) is 5.91 Å². The first-order valence-electron chi connectivity index (χ1n) is 7.98. The lowest BCUT2D eigenvalue weighted by Gasteiger charge is -2.43. The average molecular weight is 265 g/mol. The standard InChI is InChI=1S/C15H27N3O/c1-2-18(12-7-8-12)13-4-3-9-15(10-13,14(16)19)17-11-5-6-11/h11-13,17H,2-10H2,1H3,(H2,16,19). The van der Waals surface area contributed by atoms with Gasteiger partial charge >= 0.3 is 0 Å². The Morgan fingerprint density at radius 1 is 1.26 bits per heavy atom. The first-order chi connectivity index (χ1) is 9.14. The van der Waals surface area contributed by atoms with E-state index in [2.05, 4.69) is 17.1 Å². The molecule has 2 atom stereocenters. The summed E-state index contributed by atoms with van der Waals surface area (Å²) >= 11 is 0. The van der Waals surface area contributed by atoms with Gasteiger partial charge in [-0.3, -0.25) is 9.69 Å². The molecule has 3 rings (SSSR count). The zero-order chi connectivity index (χ0) is 13.5. The van der Waals surface area contributed by atoms with E-state index in [0.717, 1.165) is 31.8 Å². The van der Waals surface area contributed by atoms with Gasteiger partial charge in [-0.1, -0.05) is 6.92 Å². The second-order valence-electron chi connectivity index (χ2n) is 6.68. The highest BCUT2D eigenvalue weighted by Crippen LogP contribution is 2.38. The molecule has 2 unspecified atom stereocenters. The fraction of sp³-hybridized carbons (Fsp3) is 0.933. The summed E-state index contributed by atoms with van der Waals surface area (Å²) in [5, 5.41) is 3.57. The van der Waals surface area contributed by atoms with Crippen molar-refractivity contribution < 1.29 is 4.79 Å². The van der Waals surface area contributed by atoms with Gasteiger partial charge in [0.15, 0.2) is 0 Å². The van der Waals surface area contributed by atoms with E-state index in [1.54, 1.807) is 0 Å². The van der Waals surface area contributed by atoms with Crippen LogP contribution in [0.15, 0.2) is 0 Å². The number of primary amides is 1. The minimum Gasteiger partial charge on any atom is -0.368 e. The van der Waals surface area contributed by atoms with Crippen LogP contribution in [0, 0.1) is 0 Å². The maximum atomic E-state index is 12.0. The normalized spacial score (nSPS) is 35.6. The van der Waals surface area contributed by atoms with E-state index in [4.69, 9.17) is 5.73 Å². The SMILES string of the molecule is CCN(C1CC1)C1CCCC(NC2CC2)(C(N)=O)C1. The summed E-state index contributed by atoms with van der Waals surface area (Å²) in [6, 6.07) is 1.87. The van der Waals surface area contributed by atoms with E-state index in [9.17, 15) is 4.79 Å². The molecule has 3 N–H and O–H groups in total. The lowest BCUT2D eigenvalue weighted by Crippen LogP contribution is -2.61. The molecule has 108 valence electrons. The number of nitrogens with one attached hydrogen (secondary N) is 1. The smallest absolute Gasteiger partial charge is 0.237 e. The Kier molecular flexibility index (Phi) is 3.56. The van der Waals surface area contributed by atoms with Crippen LogP contribution in [0.25, 0.3) is 0 Å². The number of carbonyl (C=O) groups is 1. The molecule has 3 aliphatic carbocycles. The third-order valence-electron chi connectivity index (χ3n) is 5.10. The van der Waals surface area contributed by atoms with Crippen molar-refractivity contribution in [1.29, 1.82) is 0 Å². The van der Waals surface area contributed by atoms with Crippen molar-refractivity contribution in [3.8, 4) is 0 Å². The summed E-state index contributed by atoms with van der Waals surface area (Å²) in [5.41, 5.74) is 5.33. The van der Waals surface area contributed by atoms with Gasteiger partial charge in [0.05, 0.1) is 5.54 Å². The molecular formula is C15H27N3O. The molecule has 1 amide bonds. The zero-order valence-corrected chi connectivity index (χ0v) is 12.0. The quantitative estimate of drug-likeness (QED) is 0.763. The van der Waals surface area contributed by atoms with E-state index in [1.807, 2.05) is 0 Å². The van der Waals surface area contributed by atoms with Gasteiger partial charge in [-0.15, -0.1) is 0 Å². The van der Waals surface area contributed by atoms with Gasteiger partial charge in [0.1, 0.15) is 0 Å². The molecule has 3 fully saturated rings. The Morgan fingerprint density at radius 3 is 2.53 bits per heavy atom. The van der Waals surface area contributed by atoms with Crippen molar-refractivity contribution in [3.05, 3.63) is 0 Å². The van der Waals surface area contributed by atoms with Crippen molar-refractivity contribution in [1.82, 2.24) is 10.2 Å². The summed E-state index contributed by atoms with van der Waals surface area (Å²) in [6.07, 6.45) is 9.29. The number of nitrogens with zero attached hydrogens (tertiary/aromatic N) is 1. The number of hydrogen-bond donors (Lipinski definition) is 2. The maximum Gasteiger partial charge on any atom is 0.237 e.